The molecule has 2 aromatic carbocycles. The quantitative estimate of drug-likeness (QED) is 0.722. The molecule has 0 spiro atoms. The predicted molar refractivity (Wildman–Crippen MR) is 106 cm³/mol. The van der Waals surface area contributed by atoms with E-state index in [1.54, 1.807) is 6.20 Å². The van der Waals surface area contributed by atoms with Crippen molar-refractivity contribution in [2.45, 2.75) is 23.8 Å². The number of hydrogen-bond donors (Lipinski definition) is 2. The molecule has 1 aliphatic heterocycles. The maximum atomic E-state index is 12.8. The summed E-state index contributed by atoms with van der Waals surface area (Å²) in [4.78, 5) is 3.46. The second kappa shape index (κ2) is 7.09. The van der Waals surface area contributed by atoms with Gasteiger partial charge in [0.15, 0.2) is 9.84 Å². The van der Waals surface area contributed by atoms with Gasteiger partial charge < -0.3 is 10.3 Å². The van der Waals surface area contributed by atoms with Crippen molar-refractivity contribution in [1.29, 1.82) is 0 Å². The molecule has 4 rings (SSSR count). The van der Waals surface area contributed by atoms with Gasteiger partial charge in [-0.2, -0.15) is 0 Å². The maximum Gasteiger partial charge on any atom is 0.180 e. The third-order valence-corrected chi connectivity index (χ3v) is 6.77. The van der Waals surface area contributed by atoms with Crippen LogP contribution in [0.4, 0.5) is 0 Å². The lowest BCUT2D eigenvalue weighted by molar-refractivity contribution is 0.515. The van der Waals surface area contributed by atoms with Crippen molar-refractivity contribution in [3.8, 4) is 0 Å². The fourth-order valence-corrected chi connectivity index (χ4v) is 5.14. The molecule has 3 aromatic rings. The summed E-state index contributed by atoms with van der Waals surface area (Å²) in [5.74, 6) is 0.147. The van der Waals surface area contributed by atoms with Crippen molar-refractivity contribution in [3.05, 3.63) is 72.4 Å². The minimum absolute atomic E-state index is 0.147. The highest BCUT2D eigenvalue weighted by Gasteiger charge is 2.23. The summed E-state index contributed by atoms with van der Waals surface area (Å²) >= 11 is 0. The molecule has 0 saturated heterocycles. The molecule has 2 N–H and O–H groups in total. The molecule has 1 aromatic heterocycles. The second-order valence-corrected chi connectivity index (χ2v) is 8.79. The number of benzene rings is 2. The van der Waals surface area contributed by atoms with E-state index in [4.69, 9.17) is 0 Å². The van der Waals surface area contributed by atoms with E-state index in [0.717, 1.165) is 23.9 Å². The second-order valence-electron chi connectivity index (χ2n) is 6.71. The number of hydrogen-bond acceptors (Lipinski definition) is 3. The van der Waals surface area contributed by atoms with Gasteiger partial charge in [0.1, 0.15) is 0 Å². The summed E-state index contributed by atoms with van der Waals surface area (Å²) in [7, 11) is -3.32. The summed E-state index contributed by atoms with van der Waals surface area (Å²) in [6.07, 6.45) is 5.27. The van der Waals surface area contributed by atoms with Crippen LogP contribution < -0.4 is 5.32 Å². The first-order valence-electron chi connectivity index (χ1n) is 8.90. The molecule has 26 heavy (non-hydrogen) atoms. The van der Waals surface area contributed by atoms with Gasteiger partial charge in [-0.05, 0) is 30.0 Å². The Morgan fingerprint density at radius 1 is 1.00 bits per heavy atom. The van der Waals surface area contributed by atoms with E-state index in [1.165, 1.54) is 11.1 Å². The Morgan fingerprint density at radius 2 is 1.77 bits per heavy atom. The van der Waals surface area contributed by atoms with Crippen LogP contribution in [-0.2, 0) is 9.84 Å². The van der Waals surface area contributed by atoms with Gasteiger partial charge in [0.25, 0.3) is 0 Å². The number of nitrogens with one attached hydrogen (secondary N) is 2. The van der Waals surface area contributed by atoms with Crippen LogP contribution in [0.5, 0.6) is 0 Å². The summed E-state index contributed by atoms with van der Waals surface area (Å²) < 4.78 is 25.7. The number of aromatic nitrogens is 1. The molecule has 2 heterocycles. The van der Waals surface area contributed by atoms with Gasteiger partial charge in [-0.1, -0.05) is 54.6 Å². The molecular formula is C21H22N2O2S. The Kier molecular flexibility index (Phi) is 4.66. The Balaban J connectivity index is 1.46. The van der Waals surface area contributed by atoms with E-state index in [0.29, 0.717) is 11.3 Å². The van der Waals surface area contributed by atoms with Crippen LogP contribution >= 0.6 is 0 Å². The Bertz CT molecular complexity index is 1040. The van der Waals surface area contributed by atoms with E-state index < -0.39 is 9.84 Å². The van der Waals surface area contributed by atoms with Crippen molar-refractivity contribution in [3.63, 3.8) is 0 Å². The van der Waals surface area contributed by atoms with E-state index in [2.05, 4.69) is 28.5 Å². The lowest BCUT2D eigenvalue weighted by Crippen LogP contribution is -2.34. The fraction of sp³-hybridized carbons (Fsp3) is 0.238. The molecule has 0 bridgehead atoms. The molecule has 0 saturated carbocycles. The molecule has 4 nitrogen and oxygen atoms in total. The molecule has 0 amide bonds. The highest BCUT2D eigenvalue weighted by Crippen LogP contribution is 2.26. The summed E-state index contributed by atoms with van der Waals surface area (Å²) in [6, 6.07) is 18.0. The first kappa shape index (κ1) is 17.1. The summed E-state index contributed by atoms with van der Waals surface area (Å²) in [5.41, 5.74) is 3.37. The van der Waals surface area contributed by atoms with Crippen LogP contribution in [-0.4, -0.2) is 31.7 Å². The Morgan fingerprint density at radius 3 is 2.62 bits per heavy atom. The highest BCUT2D eigenvalue weighted by molar-refractivity contribution is 7.91. The predicted octanol–water partition coefficient (Wildman–Crippen LogP) is 3.78. The normalized spacial score (nSPS) is 18.0. The SMILES string of the molecule is O=S(=O)(CCC1CC(c2ccccc2)=CCN1)c1c[nH]c2ccccc12. The van der Waals surface area contributed by atoms with Gasteiger partial charge in [-0.25, -0.2) is 8.42 Å². The summed E-state index contributed by atoms with van der Waals surface area (Å²) in [5, 5.41) is 4.20. The molecule has 0 aliphatic carbocycles. The number of para-hydroxylation sites is 1. The molecule has 0 fully saturated rings. The smallest absolute Gasteiger partial charge is 0.180 e. The summed E-state index contributed by atoms with van der Waals surface area (Å²) in [6.45, 7) is 0.780. The van der Waals surface area contributed by atoms with Crippen molar-refractivity contribution in [2.75, 3.05) is 12.3 Å². The van der Waals surface area contributed by atoms with Gasteiger partial charge in [-0.15, -0.1) is 0 Å². The van der Waals surface area contributed by atoms with E-state index in [-0.39, 0.29) is 11.8 Å². The molecule has 0 radical (unpaired) electrons. The van der Waals surface area contributed by atoms with Crippen LogP contribution in [0.1, 0.15) is 18.4 Å². The van der Waals surface area contributed by atoms with E-state index >= 15 is 0 Å². The van der Waals surface area contributed by atoms with Gasteiger partial charge in [0, 0.05) is 29.7 Å². The van der Waals surface area contributed by atoms with Crippen molar-refractivity contribution in [1.82, 2.24) is 10.3 Å². The van der Waals surface area contributed by atoms with Crippen LogP contribution in [0, 0.1) is 0 Å². The monoisotopic (exact) mass is 366 g/mol. The number of aromatic amines is 1. The third kappa shape index (κ3) is 3.45. The standard InChI is InChI=1S/C21H22N2O2S/c24-26(25,21-15-23-20-9-5-4-8-19(20)21)13-11-18-14-17(10-12-22-18)16-6-2-1-3-7-16/h1-10,15,18,22-23H,11-14H2. The average molecular weight is 366 g/mol. The lowest BCUT2D eigenvalue weighted by atomic mass is 9.94. The minimum Gasteiger partial charge on any atom is -0.360 e. The largest absolute Gasteiger partial charge is 0.360 e. The Labute approximate surface area is 153 Å². The van der Waals surface area contributed by atoms with Crippen molar-refractivity contribution in [2.24, 2.45) is 0 Å². The lowest BCUT2D eigenvalue weighted by Gasteiger charge is -2.24. The third-order valence-electron chi connectivity index (χ3n) is 4.99. The average Bonchev–Trinajstić information content (AvgIpc) is 3.13. The fourth-order valence-electron chi connectivity index (χ4n) is 3.57. The molecular weight excluding hydrogens is 344 g/mol. The molecule has 1 aliphatic rings. The zero-order valence-electron chi connectivity index (χ0n) is 14.5. The van der Waals surface area contributed by atoms with Crippen LogP contribution in [0.25, 0.3) is 16.5 Å². The first-order chi connectivity index (χ1) is 12.6. The number of H-pyrrole nitrogens is 1. The Hall–Kier alpha value is -2.37. The number of fused-ring (bicyclic) bond motifs is 1. The zero-order chi connectivity index (χ0) is 18.0. The van der Waals surface area contributed by atoms with Gasteiger partial charge in [-0.3, -0.25) is 0 Å². The zero-order valence-corrected chi connectivity index (χ0v) is 15.3. The maximum absolute atomic E-state index is 12.8. The number of rotatable bonds is 5. The number of sulfone groups is 1. The van der Waals surface area contributed by atoms with Gasteiger partial charge in [0.05, 0.1) is 10.6 Å². The van der Waals surface area contributed by atoms with Crippen molar-refractivity contribution < 1.29 is 8.42 Å². The van der Waals surface area contributed by atoms with E-state index in [9.17, 15) is 8.42 Å². The van der Waals surface area contributed by atoms with E-state index in [1.807, 2.05) is 42.5 Å². The highest BCUT2D eigenvalue weighted by atomic mass is 32.2. The molecule has 134 valence electrons. The van der Waals surface area contributed by atoms with Crippen LogP contribution in [0.15, 0.2) is 71.8 Å². The van der Waals surface area contributed by atoms with Crippen LogP contribution in [0.3, 0.4) is 0 Å². The van der Waals surface area contributed by atoms with Crippen LogP contribution in [0.2, 0.25) is 0 Å². The van der Waals surface area contributed by atoms with Gasteiger partial charge >= 0.3 is 0 Å². The topological polar surface area (TPSA) is 62.0 Å². The molecule has 1 atom stereocenters. The van der Waals surface area contributed by atoms with Gasteiger partial charge in [0.2, 0.25) is 0 Å². The molecule has 5 heteroatoms. The van der Waals surface area contributed by atoms with Crippen molar-refractivity contribution >= 4 is 26.3 Å². The minimum atomic E-state index is -3.32. The molecule has 1 unspecified atom stereocenters. The first-order valence-corrected chi connectivity index (χ1v) is 10.6.